The van der Waals surface area contributed by atoms with Gasteiger partial charge in [0.1, 0.15) is 11.5 Å². The zero-order valence-electron chi connectivity index (χ0n) is 16.7. The third kappa shape index (κ3) is 4.69. The minimum atomic E-state index is 0.127. The van der Waals surface area contributed by atoms with E-state index >= 15 is 0 Å². The molecule has 0 saturated carbocycles. The molecule has 0 bridgehead atoms. The Morgan fingerprint density at radius 3 is 2.63 bits per heavy atom. The molecule has 0 fully saturated rings. The Kier molecular flexibility index (Phi) is 6.71. The van der Waals surface area contributed by atoms with Gasteiger partial charge in [0.2, 0.25) is 0 Å². The molecule has 1 unspecified atom stereocenters. The van der Waals surface area contributed by atoms with Crippen LogP contribution >= 0.6 is 39.3 Å². The van der Waals surface area contributed by atoms with Crippen LogP contribution in [0.2, 0.25) is 5.02 Å². The van der Waals surface area contributed by atoms with Crippen LogP contribution in [0.4, 0.5) is 5.69 Å². The molecule has 154 valence electrons. The number of rotatable bonds is 5. The van der Waals surface area contributed by atoms with Crippen LogP contribution in [0.1, 0.15) is 29.7 Å². The number of nitrogens with zero attached hydrogens (tertiary/aromatic N) is 1. The van der Waals surface area contributed by atoms with E-state index in [9.17, 15) is 0 Å². The molecule has 0 radical (unpaired) electrons. The number of benzene rings is 3. The van der Waals surface area contributed by atoms with E-state index in [1.54, 1.807) is 18.9 Å². The van der Waals surface area contributed by atoms with Gasteiger partial charge in [0.25, 0.3) is 0 Å². The van der Waals surface area contributed by atoms with Crippen molar-refractivity contribution in [2.75, 3.05) is 13.7 Å². The molecule has 3 nitrogen and oxygen atoms in total. The van der Waals surface area contributed by atoms with E-state index in [4.69, 9.17) is 26.1 Å². The summed E-state index contributed by atoms with van der Waals surface area (Å²) in [6.07, 6.45) is 0.762. The Labute approximate surface area is 194 Å². The highest BCUT2D eigenvalue weighted by atomic mass is 79.9. The van der Waals surface area contributed by atoms with Gasteiger partial charge in [0.15, 0.2) is 0 Å². The van der Waals surface area contributed by atoms with Crippen molar-refractivity contribution in [3.8, 4) is 11.5 Å². The SMILES string of the molecule is CCOc1ccc(C2=Nc3ccc(Cl)cc3SC(c3cc(Br)ccc3OC)C2)cc1. The van der Waals surface area contributed by atoms with Gasteiger partial charge < -0.3 is 9.47 Å². The zero-order chi connectivity index (χ0) is 21.1. The molecule has 1 aliphatic rings. The Bertz CT molecular complexity index is 1090. The maximum atomic E-state index is 6.30. The van der Waals surface area contributed by atoms with Crippen molar-refractivity contribution >= 4 is 50.7 Å². The zero-order valence-corrected chi connectivity index (χ0v) is 19.9. The number of methoxy groups -OCH3 is 1. The second kappa shape index (κ2) is 9.46. The molecule has 0 spiro atoms. The number of ether oxygens (including phenoxy) is 2. The van der Waals surface area contributed by atoms with Gasteiger partial charge in [-0.15, -0.1) is 11.8 Å². The normalized spacial score (nSPS) is 15.7. The monoisotopic (exact) mass is 501 g/mol. The number of thioether (sulfide) groups is 1. The molecule has 0 saturated heterocycles. The first-order valence-corrected chi connectivity index (χ1v) is 11.7. The molecule has 4 rings (SSSR count). The number of halogens is 2. The van der Waals surface area contributed by atoms with Crippen LogP contribution in [-0.4, -0.2) is 19.4 Å². The minimum Gasteiger partial charge on any atom is -0.496 e. The lowest BCUT2D eigenvalue weighted by Crippen LogP contribution is -2.07. The molecule has 3 aromatic rings. The predicted octanol–water partition coefficient (Wildman–Crippen LogP) is 7.87. The molecule has 0 aliphatic carbocycles. The van der Waals surface area contributed by atoms with Gasteiger partial charge in [0.05, 0.1) is 19.4 Å². The summed E-state index contributed by atoms with van der Waals surface area (Å²) in [6.45, 7) is 2.63. The van der Waals surface area contributed by atoms with Crippen molar-refractivity contribution in [1.82, 2.24) is 0 Å². The molecule has 1 aliphatic heterocycles. The van der Waals surface area contributed by atoms with Crippen LogP contribution in [0.15, 0.2) is 75.0 Å². The lowest BCUT2D eigenvalue weighted by molar-refractivity contribution is 0.340. The molecule has 0 N–H and O–H groups in total. The topological polar surface area (TPSA) is 30.8 Å². The van der Waals surface area contributed by atoms with Gasteiger partial charge in [-0.3, -0.25) is 4.99 Å². The van der Waals surface area contributed by atoms with Gasteiger partial charge in [-0.05, 0) is 73.2 Å². The van der Waals surface area contributed by atoms with Gasteiger partial charge >= 0.3 is 0 Å². The lowest BCUT2D eigenvalue weighted by Gasteiger charge is -2.19. The van der Waals surface area contributed by atoms with Crippen LogP contribution in [0.5, 0.6) is 11.5 Å². The molecule has 0 aromatic heterocycles. The highest BCUT2D eigenvalue weighted by Gasteiger charge is 2.25. The van der Waals surface area contributed by atoms with E-state index < -0.39 is 0 Å². The van der Waals surface area contributed by atoms with Crippen LogP contribution < -0.4 is 9.47 Å². The first kappa shape index (κ1) is 21.3. The maximum Gasteiger partial charge on any atom is 0.123 e. The second-order valence-electron chi connectivity index (χ2n) is 6.82. The van der Waals surface area contributed by atoms with Crippen molar-refractivity contribution in [3.63, 3.8) is 0 Å². The Balaban J connectivity index is 1.79. The number of fused-ring (bicyclic) bond motifs is 1. The molecule has 3 aromatic carbocycles. The summed E-state index contributed by atoms with van der Waals surface area (Å²) in [7, 11) is 1.71. The number of hydrogen-bond acceptors (Lipinski definition) is 4. The van der Waals surface area contributed by atoms with Gasteiger partial charge in [-0.25, -0.2) is 0 Å². The Hall–Kier alpha value is -1.95. The maximum absolute atomic E-state index is 6.30. The fourth-order valence-corrected chi connectivity index (χ4v) is 5.36. The largest absolute Gasteiger partial charge is 0.496 e. The molecule has 1 heterocycles. The molecule has 0 amide bonds. The van der Waals surface area contributed by atoms with Gasteiger partial charge in [0, 0.05) is 37.3 Å². The standard InChI is InChI=1S/C24H21BrClNO2S/c1-3-29-18-8-4-15(5-9-18)21-14-23(19-12-16(25)6-11-22(19)28-2)30-24-13-17(26)7-10-20(24)27-21/h4-13,23H,3,14H2,1-2H3. The van der Waals surface area contributed by atoms with Gasteiger partial charge in [-0.1, -0.05) is 27.5 Å². The molecule has 1 atom stereocenters. The molecule has 6 heteroatoms. The average Bonchev–Trinajstić information content (AvgIpc) is 2.94. The summed E-state index contributed by atoms with van der Waals surface area (Å²) >= 11 is 11.7. The van der Waals surface area contributed by atoms with Crippen molar-refractivity contribution < 1.29 is 9.47 Å². The highest BCUT2D eigenvalue weighted by Crippen LogP contribution is 2.49. The molecular weight excluding hydrogens is 482 g/mol. The summed E-state index contributed by atoms with van der Waals surface area (Å²) < 4.78 is 12.3. The van der Waals surface area contributed by atoms with E-state index in [1.807, 2.05) is 49.4 Å². The van der Waals surface area contributed by atoms with Crippen LogP contribution in [0, 0.1) is 0 Å². The van der Waals surface area contributed by atoms with E-state index in [-0.39, 0.29) is 5.25 Å². The summed E-state index contributed by atoms with van der Waals surface area (Å²) in [5, 5.41) is 0.836. The first-order chi connectivity index (χ1) is 14.6. The van der Waals surface area contributed by atoms with E-state index in [2.05, 4.69) is 34.1 Å². The fraction of sp³-hybridized carbons (Fsp3) is 0.208. The lowest BCUT2D eigenvalue weighted by atomic mass is 10.0. The second-order valence-corrected chi connectivity index (χ2v) is 9.42. The predicted molar refractivity (Wildman–Crippen MR) is 129 cm³/mol. The number of aliphatic imine (C=N–C) groups is 1. The summed E-state index contributed by atoms with van der Waals surface area (Å²) in [4.78, 5) is 6.09. The third-order valence-electron chi connectivity index (χ3n) is 4.86. The van der Waals surface area contributed by atoms with E-state index in [0.717, 1.165) is 49.8 Å². The van der Waals surface area contributed by atoms with Crippen molar-refractivity contribution in [3.05, 3.63) is 81.3 Å². The molecule has 30 heavy (non-hydrogen) atoms. The van der Waals surface area contributed by atoms with Crippen LogP contribution in [0.3, 0.4) is 0 Å². The number of hydrogen-bond donors (Lipinski definition) is 0. The van der Waals surface area contributed by atoms with Crippen molar-refractivity contribution in [2.24, 2.45) is 4.99 Å². The average molecular weight is 503 g/mol. The van der Waals surface area contributed by atoms with Crippen molar-refractivity contribution in [2.45, 2.75) is 23.5 Å². The summed E-state index contributed by atoms with van der Waals surface area (Å²) in [5.74, 6) is 1.73. The Morgan fingerprint density at radius 2 is 1.90 bits per heavy atom. The smallest absolute Gasteiger partial charge is 0.123 e. The highest BCUT2D eigenvalue weighted by molar-refractivity contribution is 9.10. The van der Waals surface area contributed by atoms with Crippen molar-refractivity contribution in [1.29, 1.82) is 0 Å². The fourth-order valence-electron chi connectivity index (χ4n) is 3.46. The third-order valence-corrected chi connectivity index (χ3v) is 6.88. The van der Waals surface area contributed by atoms with Gasteiger partial charge in [-0.2, -0.15) is 0 Å². The summed E-state index contributed by atoms with van der Waals surface area (Å²) in [5.41, 5.74) is 4.17. The summed E-state index contributed by atoms with van der Waals surface area (Å²) in [6, 6.07) is 20.1. The molecular formula is C24H21BrClNO2S. The van der Waals surface area contributed by atoms with E-state index in [1.165, 1.54) is 0 Å². The van der Waals surface area contributed by atoms with Crippen LogP contribution in [0.25, 0.3) is 0 Å². The minimum absolute atomic E-state index is 0.127. The quantitative estimate of drug-likeness (QED) is 0.356. The first-order valence-electron chi connectivity index (χ1n) is 9.68. The van der Waals surface area contributed by atoms with E-state index in [0.29, 0.717) is 11.6 Å². The van der Waals surface area contributed by atoms with Crippen LogP contribution in [-0.2, 0) is 0 Å². The Morgan fingerprint density at radius 1 is 1.10 bits per heavy atom.